The van der Waals surface area contributed by atoms with Gasteiger partial charge in [0.05, 0.1) is 11.6 Å². The van der Waals surface area contributed by atoms with Crippen LogP contribution in [0.4, 0.5) is 5.69 Å². The van der Waals surface area contributed by atoms with Crippen LogP contribution >= 0.6 is 0 Å². The zero-order valence-electron chi connectivity index (χ0n) is 14.0. The van der Waals surface area contributed by atoms with Crippen LogP contribution in [0.2, 0.25) is 0 Å². The third-order valence-corrected chi connectivity index (χ3v) is 5.08. The molecule has 0 amide bonds. The number of aromatic nitrogens is 1. The molecule has 7 heteroatoms. The maximum absolute atomic E-state index is 13.7. The van der Waals surface area contributed by atoms with E-state index in [1.54, 1.807) is 12.4 Å². The first-order chi connectivity index (χ1) is 11.7. The molecule has 1 fully saturated rings. The Hall–Kier alpha value is -1.96. The molecule has 0 aromatic carbocycles. The van der Waals surface area contributed by atoms with Crippen LogP contribution in [0.25, 0.3) is 0 Å². The van der Waals surface area contributed by atoms with Gasteiger partial charge >= 0.3 is 0 Å². The molecule has 128 valence electrons. The summed E-state index contributed by atoms with van der Waals surface area (Å²) in [6, 6.07) is 3.95. The highest BCUT2D eigenvalue weighted by molar-refractivity contribution is 5.82. The summed E-state index contributed by atoms with van der Waals surface area (Å²) in [7, 11) is 0. The first-order valence-corrected chi connectivity index (χ1v) is 8.71. The molecule has 1 aromatic heterocycles. The van der Waals surface area contributed by atoms with Crippen molar-refractivity contribution in [2.24, 2.45) is 4.99 Å². The molecule has 3 atom stereocenters. The Bertz CT molecular complexity index is 660. The highest BCUT2D eigenvalue weighted by Crippen LogP contribution is 2.34. The minimum absolute atomic E-state index is 0.109. The van der Waals surface area contributed by atoms with Crippen LogP contribution in [-0.2, 0) is 0 Å². The van der Waals surface area contributed by atoms with Gasteiger partial charge in [0, 0.05) is 37.3 Å². The lowest BCUT2D eigenvalue weighted by molar-refractivity contribution is 0.250. The van der Waals surface area contributed by atoms with Crippen LogP contribution < -0.4 is 15.3 Å². The van der Waals surface area contributed by atoms with Crippen LogP contribution in [0.1, 0.15) is 19.8 Å². The molecule has 0 radical (unpaired) electrons. The Morgan fingerprint density at radius 3 is 3.04 bits per heavy atom. The van der Waals surface area contributed by atoms with E-state index in [0.29, 0.717) is 13.1 Å². The fourth-order valence-corrected chi connectivity index (χ4v) is 3.98. The Balaban J connectivity index is 1.70. The molecule has 0 bridgehead atoms. The van der Waals surface area contributed by atoms with Crippen molar-refractivity contribution < 1.29 is 0 Å². The molecule has 0 aliphatic carbocycles. The number of nitrogens with one attached hydrogen (secondary N) is 2. The Morgan fingerprint density at radius 1 is 1.42 bits per heavy atom. The van der Waals surface area contributed by atoms with Gasteiger partial charge in [-0.1, -0.05) is 6.92 Å². The second-order valence-corrected chi connectivity index (χ2v) is 6.68. The van der Waals surface area contributed by atoms with E-state index in [4.69, 9.17) is 0 Å². The molecule has 0 saturated carbocycles. The molecule has 2 unspecified atom stereocenters. The van der Waals surface area contributed by atoms with Gasteiger partial charge in [0.25, 0.3) is 0 Å². The number of quaternary nitrogens is 1. The first-order valence-electron chi connectivity index (χ1n) is 8.71. The summed E-state index contributed by atoms with van der Waals surface area (Å²) >= 11 is 0. The van der Waals surface area contributed by atoms with Crippen LogP contribution in [0, 0.1) is 5.21 Å². The maximum Gasteiger partial charge on any atom is 0.174 e. The second-order valence-electron chi connectivity index (χ2n) is 6.68. The number of hydrogen-bond donors (Lipinski definition) is 2. The monoisotopic (exact) mass is 328 g/mol. The number of hydrogen-bond acceptors (Lipinski definition) is 6. The zero-order chi connectivity index (χ0) is 16.6. The zero-order valence-corrected chi connectivity index (χ0v) is 14.0. The van der Waals surface area contributed by atoms with Crippen molar-refractivity contribution in [3.8, 4) is 0 Å². The molecule has 3 aliphatic rings. The minimum atomic E-state index is -0.345. The summed E-state index contributed by atoms with van der Waals surface area (Å²) in [6.07, 6.45) is 7.37. The van der Waals surface area contributed by atoms with E-state index in [1.807, 2.05) is 18.3 Å². The Morgan fingerprint density at radius 2 is 2.25 bits per heavy atom. The van der Waals surface area contributed by atoms with Gasteiger partial charge in [-0.25, -0.2) is 0 Å². The number of nitrogens with zero attached hydrogens (tertiary/aromatic N) is 4. The molecule has 1 aromatic rings. The van der Waals surface area contributed by atoms with Gasteiger partial charge in [0.1, 0.15) is 24.6 Å². The number of rotatable bonds is 3. The molecule has 0 spiro atoms. The smallest absolute Gasteiger partial charge is 0.174 e. The van der Waals surface area contributed by atoms with E-state index in [1.165, 1.54) is 0 Å². The third-order valence-electron chi connectivity index (χ3n) is 5.08. The Kier molecular flexibility index (Phi) is 3.99. The molecule has 1 saturated heterocycles. The molecular weight excluding hydrogens is 304 g/mol. The largest absolute Gasteiger partial charge is 0.627 e. The van der Waals surface area contributed by atoms with Gasteiger partial charge in [0.15, 0.2) is 6.29 Å². The van der Waals surface area contributed by atoms with Crippen molar-refractivity contribution in [1.82, 2.24) is 25.2 Å². The summed E-state index contributed by atoms with van der Waals surface area (Å²) < 4.78 is -0.345. The van der Waals surface area contributed by atoms with Crippen LogP contribution in [-0.4, -0.2) is 54.6 Å². The van der Waals surface area contributed by atoms with Crippen molar-refractivity contribution in [1.29, 1.82) is 0 Å². The molecule has 4 rings (SSSR count). The van der Waals surface area contributed by atoms with Crippen LogP contribution in [0.5, 0.6) is 0 Å². The molecule has 4 heterocycles. The van der Waals surface area contributed by atoms with E-state index >= 15 is 0 Å². The van der Waals surface area contributed by atoms with Gasteiger partial charge in [-0.15, -0.1) is 0 Å². The predicted octanol–water partition coefficient (Wildman–Crippen LogP) is 1.14. The van der Waals surface area contributed by atoms with Crippen molar-refractivity contribution in [2.75, 3.05) is 26.2 Å². The lowest BCUT2D eigenvalue weighted by Gasteiger charge is -2.43. The number of aliphatic imine (C=N–C) groups is 1. The number of hydroxylamine groups is 2. The van der Waals surface area contributed by atoms with Crippen molar-refractivity contribution in [3.63, 3.8) is 0 Å². The average molecular weight is 328 g/mol. The second kappa shape index (κ2) is 6.16. The number of fused-ring (bicyclic) bond motifs is 2. The SMILES string of the molecule is CCN[C@H]1N=CC2=C(N1)N1CCCC1C[N+]([O-])(c1ccncc1)C2. The lowest BCUT2D eigenvalue weighted by atomic mass is 10.2. The van der Waals surface area contributed by atoms with E-state index in [2.05, 4.69) is 32.4 Å². The number of pyridine rings is 1. The third kappa shape index (κ3) is 2.68. The van der Waals surface area contributed by atoms with Crippen molar-refractivity contribution in [2.45, 2.75) is 32.1 Å². The molecule has 2 N–H and O–H groups in total. The van der Waals surface area contributed by atoms with Gasteiger partial charge in [-0.05, 0) is 19.4 Å². The topological polar surface area (TPSA) is 75.6 Å². The first kappa shape index (κ1) is 15.6. The van der Waals surface area contributed by atoms with E-state index in [0.717, 1.165) is 43.0 Å². The summed E-state index contributed by atoms with van der Waals surface area (Å²) in [5, 5.41) is 20.5. The lowest BCUT2D eigenvalue weighted by Crippen LogP contribution is -2.50. The maximum atomic E-state index is 13.7. The predicted molar refractivity (Wildman–Crippen MR) is 95.0 cm³/mol. The van der Waals surface area contributed by atoms with E-state index in [-0.39, 0.29) is 17.0 Å². The van der Waals surface area contributed by atoms with E-state index < -0.39 is 0 Å². The van der Waals surface area contributed by atoms with Crippen molar-refractivity contribution >= 4 is 11.9 Å². The van der Waals surface area contributed by atoms with Gasteiger partial charge in [-0.3, -0.25) is 15.3 Å². The van der Waals surface area contributed by atoms with Gasteiger partial charge in [-0.2, -0.15) is 0 Å². The molecule has 3 aliphatic heterocycles. The minimum Gasteiger partial charge on any atom is -0.627 e. The fraction of sp³-hybridized carbons (Fsp3) is 0.529. The highest BCUT2D eigenvalue weighted by Gasteiger charge is 2.40. The normalized spacial score (nSPS) is 32.2. The molecular formula is C17H24N6O. The van der Waals surface area contributed by atoms with Gasteiger partial charge in [0.2, 0.25) is 0 Å². The quantitative estimate of drug-likeness (QED) is 0.643. The summed E-state index contributed by atoms with van der Waals surface area (Å²) in [4.78, 5) is 11.0. The van der Waals surface area contributed by atoms with Crippen LogP contribution in [0.15, 0.2) is 40.9 Å². The Labute approximate surface area is 142 Å². The van der Waals surface area contributed by atoms with Crippen LogP contribution in [0.3, 0.4) is 0 Å². The average Bonchev–Trinajstić information content (AvgIpc) is 3.00. The fourth-order valence-electron chi connectivity index (χ4n) is 3.98. The summed E-state index contributed by atoms with van der Waals surface area (Å²) in [6.45, 7) is 4.88. The summed E-state index contributed by atoms with van der Waals surface area (Å²) in [5.74, 6) is 1.09. The molecule has 24 heavy (non-hydrogen) atoms. The standard InChI is InChI=1S/C17H24N6O/c1-2-19-17-20-10-13-11-23(24,15-5-7-18-8-6-15)12-14-4-3-9-22(14)16(13)21-17/h5-8,10,14,17,19,21H,2-4,9,11-12H2,1H3/t14?,17-,23?/m0/s1. The molecule has 7 nitrogen and oxygen atoms in total. The van der Waals surface area contributed by atoms with Gasteiger partial charge < -0.3 is 20.1 Å². The summed E-state index contributed by atoms with van der Waals surface area (Å²) in [5.41, 5.74) is 1.77. The highest BCUT2D eigenvalue weighted by atomic mass is 16.5. The van der Waals surface area contributed by atoms with Crippen molar-refractivity contribution in [3.05, 3.63) is 41.1 Å². The van der Waals surface area contributed by atoms with E-state index in [9.17, 15) is 5.21 Å².